The van der Waals surface area contributed by atoms with E-state index in [4.69, 9.17) is 5.73 Å². The third-order valence-corrected chi connectivity index (χ3v) is 4.03. The summed E-state index contributed by atoms with van der Waals surface area (Å²) in [6, 6.07) is 9.65. The summed E-state index contributed by atoms with van der Waals surface area (Å²) in [6.07, 6.45) is -2.59. The Morgan fingerprint density at radius 2 is 1.68 bits per heavy atom. The molecule has 1 aliphatic rings. The molecule has 100 valence electrons. The van der Waals surface area contributed by atoms with Gasteiger partial charge in [-0.25, -0.2) is 0 Å². The Hall–Kier alpha value is -1.55. The first-order chi connectivity index (χ1) is 8.98. The zero-order valence-electron chi connectivity index (χ0n) is 10.3. The Labute approximate surface area is 109 Å². The lowest BCUT2D eigenvalue weighted by molar-refractivity contribution is -0.136. The molecule has 0 saturated heterocycles. The Morgan fingerprint density at radius 3 is 2.21 bits per heavy atom. The van der Waals surface area contributed by atoms with E-state index in [1.54, 1.807) is 18.2 Å². The molecule has 0 atom stereocenters. The normalized spacial score (nSPS) is 17.7. The number of nitrogens with two attached hydrogens (primary N) is 1. The monoisotopic (exact) mass is 265 g/mol. The minimum absolute atomic E-state index is 0.249. The van der Waals surface area contributed by atoms with Crippen molar-refractivity contribution in [1.29, 1.82) is 0 Å². The predicted octanol–water partition coefficient (Wildman–Crippen LogP) is 3.85. The third kappa shape index (κ3) is 1.91. The summed E-state index contributed by atoms with van der Waals surface area (Å²) in [5, 5.41) is 0.951. The highest BCUT2D eigenvalue weighted by molar-refractivity contribution is 5.90. The first-order valence-electron chi connectivity index (χ1n) is 6.27. The number of alkyl halides is 3. The highest BCUT2D eigenvalue weighted by Crippen LogP contribution is 2.51. The molecule has 3 rings (SSSR count). The largest absolute Gasteiger partial charge is 0.417 e. The van der Waals surface area contributed by atoms with E-state index in [0.717, 1.165) is 24.5 Å². The smallest absolute Gasteiger partial charge is 0.330 e. The molecule has 4 heteroatoms. The molecule has 1 aliphatic carbocycles. The van der Waals surface area contributed by atoms with Crippen LogP contribution < -0.4 is 5.73 Å². The van der Waals surface area contributed by atoms with Gasteiger partial charge in [0.15, 0.2) is 0 Å². The van der Waals surface area contributed by atoms with Crippen molar-refractivity contribution in [3.8, 4) is 0 Å². The van der Waals surface area contributed by atoms with E-state index in [2.05, 4.69) is 0 Å². The van der Waals surface area contributed by atoms with Gasteiger partial charge in [0, 0.05) is 12.0 Å². The molecule has 0 spiro atoms. The quantitative estimate of drug-likeness (QED) is 0.877. The van der Waals surface area contributed by atoms with Gasteiger partial charge in [0.05, 0.1) is 5.56 Å². The minimum atomic E-state index is -4.33. The lowest BCUT2D eigenvalue weighted by Crippen LogP contribution is -2.21. The van der Waals surface area contributed by atoms with Crippen LogP contribution in [0.25, 0.3) is 10.8 Å². The molecule has 0 bridgehead atoms. The van der Waals surface area contributed by atoms with E-state index in [1.807, 2.05) is 6.07 Å². The van der Waals surface area contributed by atoms with E-state index in [1.165, 1.54) is 6.07 Å². The van der Waals surface area contributed by atoms with Gasteiger partial charge in [0.1, 0.15) is 0 Å². The first kappa shape index (κ1) is 12.5. The van der Waals surface area contributed by atoms with E-state index in [-0.39, 0.29) is 5.41 Å². The molecule has 2 N–H and O–H groups in total. The van der Waals surface area contributed by atoms with Crippen molar-refractivity contribution in [1.82, 2.24) is 0 Å². The van der Waals surface area contributed by atoms with Crippen LogP contribution in [-0.4, -0.2) is 6.54 Å². The van der Waals surface area contributed by atoms with Crippen molar-refractivity contribution in [2.45, 2.75) is 24.4 Å². The molecule has 0 heterocycles. The van der Waals surface area contributed by atoms with Crippen LogP contribution >= 0.6 is 0 Å². The average molecular weight is 265 g/mol. The molecule has 2 aromatic carbocycles. The van der Waals surface area contributed by atoms with E-state index < -0.39 is 11.7 Å². The van der Waals surface area contributed by atoms with Gasteiger partial charge in [-0.1, -0.05) is 30.3 Å². The standard InChI is InChI=1S/C15H14F3N/c16-15(17,18)12-6-2-4-10-3-1-5-11(13(10)12)14(9-19)7-8-14/h1-6H,7-9,19H2. The second-order valence-corrected chi connectivity index (χ2v) is 5.19. The van der Waals surface area contributed by atoms with Gasteiger partial charge in [-0.3, -0.25) is 0 Å². The van der Waals surface area contributed by atoms with Gasteiger partial charge in [-0.15, -0.1) is 0 Å². The highest BCUT2D eigenvalue weighted by atomic mass is 19.4. The van der Waals surface area contributed by atoms with Crippen LogP contribution in [0, 0.1) is 0 Å². The van der Waals surface area contributed by atoms with Gasteiger partial charge in [0.25, 0.3) is 0 Å². The highest BCUT2D eigenvalue weighted by Gasteiger charge is 2.45. The number of halogens is 3. The fourth-order valence-electron chi connectivity index (χ4n) is 2.75. The van der Waals surface area contributed by atoms with Gasteiger partial charge < -0.3 is 5.73 Å². The molecule has 0 amide bonds. The second-order valence-electron chi connectivity index (χ2n) is 5.19. The van der Waals surface area contributed by atoms with Crippen molar-refractivity contribution in [2.24, 2.45) is 5.73 Å². The lowest BCUT2D eigenvalue weighted by atomic mass is 9.88. The van der Waals surface area contributed by atoms with Crippen LogP contribution in [0.2, 0.25) is 0 Å². The lowest BCUT2D eigenvalue weighted by Gasteiger charge is -2.19. The Bertz CT molecular complexity index is 622. The van der Waals surface area contributed by atoms with E-state index in [9.17, 15) is 13.2 Å². The maximum Gasteiger partial charge on any atom is 0.417 e. The molecule has 0 aromatic heterocycles. The number of rotatable bonds is 2. The Balaban J connectivity index is 2.34. The molecule has 1 saturated carbocycles. The Morgan fingerprint density at radius 1 is 1.05 bits per heavy atom. The third-order valence-electron chi connectivity index (χ3n) is 4.03. The molecular formula is C15H14F3N. The van der Waals surface area contributed by atoms with Gasteiger partial charge >= 0.3 is 6.18 Å². The van der Waals surface area contributed by atoms with E-state index in [0.29, 0.717) is 17.3 Å². The fraction of sp³-hybridized carbons (Fsp3) is 0.333. The number of hydrogen-bond acceptors (Lipinski definition) is 1. The van der Waals surface area contributed by atoms with Crippen LogP contribution in [0.1, 0.15) is 24.0 Å². The van der Waals surface area contributed by atoms with Crippen molar-refractivity contribution in [3.05, 3.63) is 47.5 Å². The summed E-state index contributed by atoms with van der Waals surface area (Å²) >= 11 is 0. The zero-order chi connectivity index (χ0) is 13.7. The molecule has 19 heavy (non-hydrogen) atoms. The molecule has 0 unspecified atom stereocenters. The molecule has 1 fully saturated rings. The van der Waals surface area contributed by atoms with Gasteiger partial charge in [-0.05, 0) is 35.2 Å². The van der Waals surface area contributed by atoms with Gasteiger partial charge in [-0.2, -0.15) is 13.2 Å². The Kier molecular flexibility index (Phi) is 2.61. The molecule has 0 radical (unpaired) electrons. The van der Waals surface area contributed by atoms with Crippen LogP contribution in [-0.2, 0) is 11.6 Å². The summed E-state index contributed by atoms with van der Waals surface area (Å²) < 4.78 is 39.5. The number of fused-ring (bicyclic) bond motifs is 1. The van der Waals surface area contributed by atoms with Crippen LogP contribution in [0.3, 0.4) is 0 Å². The fourth-order valence-corrected chi connectivity index (χ4v) is 2.75. The summed E-state index contributed by atoms with van der Waals surface area (Å²) in [5.74, 6) is 0. The second kappa shape index (κ2) is 3.97. The SMILES string of the molecule is NCC1(c2cccc3cccc(C(F)(F)F)c23)CC1. The zero-order valence-corrected chi connectivity index (χ0v) is 10.3. The maximum absolute atomic E-state index is 13.2. The van der Waals surface area contributed by atoms with Gasteiger partial charge in [0.2, 0.25) is 0 Å². The summed E-state index contributed by atoms with van der Waals surface area (Å²) in [4.78, 5) is 0. The van der Waals surface area contributed by atoms with Crippen molar-refractivity contribution in [3.63, 3.8) is 0 Å². The minimum Gasteiger partial charge on any atom is -0.330 e. The molecule has 1 nitrogen and oxygen atoms in total. The first-order valence-corrected chi connectivity index (χ1v) is 6.27. The van der Waals surface area contributed by atoms with Crippen LogP contribution in [0.15, 0.2) is 36.4 Å². The van der Waals surface area contributed by atoms with Crippen LogP contribution in [0.5, 0.6) is 0 Å². The van der Waals surface area contributed by atoms with E-state index >= 15 is 0 Å². The van der Waals surface area contributed by atoms with Crippen LogP contribution in [0.4, 0.5) is 13.2 Å². The molecular weight excluding hydrogens is 251 g/mol. The summed E-state index contributed by atoms with van der Waals surface area (Å²) in [6.45, 7) is 0.401. The van der Waals surface area contributed by atoms with Crippen molar-refractivity contribution < 1.29 is 13.2 Å². The summed E-state index contributed by atoms with van der Waals surface area (Å²) in [5.41, 5.74) is 5.72. The average Bonchev–Trinajstić information content (AvgIpc) is 3.17. The van der Waals surface area contributed by atoms with Crippen molar-refractivity contribution in [2.75, 3.05) is 6.54 Å². The topological polar surface area (TPSA) is 26.0 Å². The molecule has 2 aromatic rings. The van der Waals surface area contributed by atoms with Crippen molar-refractivity contribution >= 4 is 10.8 Å². The number of hydrogen-bond donors (Lipinski definition) is 1. The summed E-state index contributed by atoms with van der Waals surface area (Å²) in [7, 11) is 0. The predicted molar refractivity (Wildman–Crippen MR) is 68.9 cm³/mol. The maximum atomic E-state index is 13.2. The molecule has 0 aliphatic heterocycles. The number of benzene rings is 2.